The Morgan fingerprint density at radius 2 is 1.75 bits per heavy atom. The molecular weight excluding hydrogens is 204 g/mol. The van der Waals surface area contributed by atoms with Gasteiger partial charge in [-0.3, -0.25) is 4.79 Å². The maximum absolute atomic E-state index is 11.9. The van der Waals surface area contributed by atoms with Crippen LogP contribution in [0.15, 0.2) is 12.7 Å². The highest BCUT2D eigenvalue weighted by Gasteiger charge is 2.54. The number of rotatable bonds is 4. The lowest BCUT2D eigenvalue weighted by Crippen LogP contribution is -2.56. The Morgan fingerprint density at radius 1 is 1.31 bits per heavy atom. The minimum absolute atomic E-state index is 0.305. The molecule has 0 aliphatic carbocycles. The molecule has 0 aromatic heterocycles. The van der Waals surface area contributed by atoms with Gasteiger partial charge in [0, 0.05) is 0 Å². The lowest BCUT2D eigenvalue weighted by Gasteiger charge is -2.47. The first kappa shape index (κ1) is 15.2. The molecule has 1 atom stereocenters. The van der Waals surface area contributed by atoms with E-state index in [2.05, 4.69) is 6.58 Å². The fourth-order valence-electron chi connectivity index (χ4n) is 1.97. The molecule has 0 aliphatic rings. The number of hydrogen-bond acceptors (Lipinski definition) is 3. The van der Waals surface area contributed by atoms with Gasteiger partial charge in [-0.15, -0.1) is 6.58 Å². The van der Waals surface area contributed by atoms with E-state index >= 15 is 0 Å². The van der Waals surface area contributed by atoms with Gasteiger partial charge in [-0.05, 0) is 26.2 Å². The predicted molar refractivity (Wildman–Crippen MR) is 65.0 cm³/mol. The van der Waals surface area contributed by atoms with Gasteiger partial charge in [-0.25, -0.2) is 0 Å². The Balaban J connectivity index is 5.39. The predicted octanol–water partition coefficient (Wildman–Crippen LogP) is 2.54. The molecule has 0 aliphatic heterocycles. The van der Waals surface area contributed by atoms with Crippen LogP contribution < -0.4 is 0 Å². The molecule has 1 N–H and O–H groups in total. The van der Waals surface area contributed by atoms with Crippen molar-refractivity contribution in [3.8, 4) is 0 Å². The summed E-state index contributed by atoms with van der Waals surface area (Å²) in [5.41, 5.74) is -2.83. The van der Waals surface area contributed by atoms with E-state index in [0.29, 0.717) is 6.61 Å². The van der Waals surface area contributed by atoms with E-state index in [1.165, 1.54) is 6.08 Å². The van der Waals surface area contributed by atoms with Crippen molar-refractivity contribution in [3.63, 3.8) is 0 Å². The molecule has 0 spiro atoms. The molecule has 0 rings (SSSR count). The zero-order chi connectivity index (χ0) is 13.2. The Morgan fingerprint density at radius 3 is 2.00 bits per heavy atom. The summed E-state index contributed by atoms with van der Waals surface area (Å²) in [5.74, 6) is -0.410. The van der Waals surface area contributed by atoms with Gasteiger partial charge in [-0.2, -0.15) is 0 Å². The summed E-state index contributed by atoms with van der Waals surface area (Å²) in [6.07, 6.45) is 1.43. The van der Waals surface area contributed by atoms with Crippen molar-refractivity contribution >= 4 is 5.97 Å². The first-order chi connectivity index (χ1) is 7.04. The average Bonchev–Trinajstić information content (AvgIpc) is 2.14. The van der Waals surface area contributed by atoms with Crippen molar-refractivity contribution in [2.24, 2.45) is 10.8 Å². The van der Waals surface area contributed by atoms with Crippen LogP contribution in [0.25, 0.3) is 0 Å². The molecule has 94 valence electrons. The average molecular weight is 228 g/mol. The number of carbonyl (C=O) groups is 1. The summed E-state index contributed by atoms with van der Waals surface area (Å²) in [6, 6.07) is 0. The van der Waals surface area contributed by atoms with Gasteiger partial charge in [0.05, 0.1) is 12.0 Å². The summed E-state index contributed by atoms with van der Waals surface area (Å²) in [6.45, 7) is 14.7. The van der Waals surface area contributed by atoms with Gasteiger partial charge < -0.3 is 9.84 Å². The zero-order valence-electron chi connectivity index (χ0n) is 11.3. The minimum atomic E-state index is -1.31. The van der Waals surface area contributed by atoms with E-state index in [1.807, 2.05) is 20.8 Å². The highest BCUT2D eigenvalue weighted by Crippen LogP contribution is 2.45. The van der Waals surface area contributed by atoms with Crippen LogP contribution in [0.3, 0.4) is 0 Å². The number of ether oxygens (including phenoxy) is 1. The molecule has 0 bridgehead atoms. The van der Waals surface area contributed by atoms with E-state index < -0.39 is 22.4 Å². The van der Waals surface area contributed by atoms with Gasteiger partial charge in [0.2, 0.25) is 0 Å². The Kier molecular flexibility index (Phi) is 4.34. The van der Waals surface area contributed by atoms with Crippen LogP contribution in [0.4, 0.5) is 0 Å². The van der Waals surface area contributed by atoms with E-state index in [4.69, 9.17) is 4.74 Å². The minimum Gasteiger partial charge on any atom is -0.465 e. The van der Waals surface area contributed by atoms with Gasteiger partial charge in [0.1, 0.15) is 5.60 Å². The lowest BCUT2D eigenvalue weighted by atomic mass is 9.62. The van der Waals surface area contributed by atoms with E-state index in [0.717, 1.165) is 0 Å². The van der Waals surface area contributed by atoms with Crippen LogP contribution in [0.5, 0.6) is 0 Å². The lowest BCUT2D eigenvalue weighted by molar-refractivity contribution is -0.177. The van der Waals surface area contributed by atoms with Gasteiger partial charge >= 0.3 is 5.97 Å². The van der Waals surface area contributed by atoms with Crippen molar-refractivity contribution in [2.45, 2.75) is 47.1 Å². The van der Waals surface area contributed by atoms with Crippen molar-refractivity contribution in [1.82, 2.24) is 0 Å². The van der Waals surface area contributed by atoms with Crippen molar-refractivity contribution in [2.75, 3.05) is 6.61 Å². The molecule has 0 aromatic carbocycles. The summed E-state index contributed by atoms with van der Waals surface area (Å²) >= 11 is 0. The molecule has 0 heterocycles. The van der Waals surface area contributed by atoms with Crippen LogP contribution in [-0.4, -0.2) is 23.3 Å². The second-order valence-corrected chi connectivity index (χ2v) is 5.57. The molecule has 0 saturated carbocycles. The van der Waals surface area contributed by atoms with Gasteiger partial charge in [0.25, 0.3) is 0 Å². The monoisotopic (exact) mass is 228 g/mol. The highest BCUT2D eigenvalue weighted by molar-refractivity contribution is 5.78. The van der Waals surface area contributed by atoms with Crippen LogP contribution in [0, 0.1) is 10.8 Å². The maximum Gasteiger partial charge on any atom is 0.314 e. The highest BCUT2D eigenvalue weighted by atomic mass is 16.5. The normalized spacial score (nSPS) is 16.4. The molecule has 3 heteroatoms. The quantitative estimate of drug-likeness (QED) is 0.594. The van der Waals surface area contributed by atoms with Crippen molar-refractivity contribution in [1.29, 1.82) is 0 Å². The molecule has 3 nitrogen and oxygen atoms in total. The second kappa shape index (κ2) is 4.58. The topological polar surface area (TPSA) is 46.5 Å². The summed E-state index contributed by atoms with van der Waals surface area (Å²) in [7, 11) is 0. The molecule has 0 fully saturated rings. The smallest absolute Gasteiger partial charge is 0.314 e. The Hall–Kier alpha value is -0.830. The SMILES string of the molecule is C=CC(O)(C(C)(C)C)C(C)(C)C(=O)OCC. The first-order valence-electron chi connectivity index (χ1n) is 5.57. The molecule has 16 heavy (non-hydrogen) atoms. The number of aliphatic hydroxyl groups is 1. The molecule has 0 saturated heterocycles. The largest absolute Gasteiger partial charge is 0.465 e. The number of hydrogen-bond donors (Lipinski definition) is 1. The van der Waals surface area contributed by atoms with Crippen molar-refractivity contribution in [3.05, 3.63) is 12.7 Å². The van der Waals surface area contributed by atoms with Crippen LogP contribution >= 0.6 is 0 Å². The van der Waals surface area contributed by atoms with Crippen molar-refractivity contribution < 1.29 is 14.6 Å². The van der Waals surface area contributed by atoms with E-state index in [-0.39, 0.29) is 0 Å². The second-order valence-electron chi connectivity index (χ2n) is 5.57. The standard InChI is InChI=1S/C13H24O3/c1-8-13(15,11(3,4)5)12(6,7)10(14)16-9-2/h8,15H,1,9H2,2-7H3. The zero-order valence-corrected chi connectivity index (χ0v) is 11.3. The molecule has 0 radical (unpaired) electrons. The maximum atomic E-state index is 11.9. The third kappa shape index (κ3) is 2.29. The first-order valence-corrected chi connectivity index (χ1v) is 5.57. The molecular formula is C13H24O3. The van der Waals surface area contributed by atoms with E-state index in [1.54, 1.807) is 20.8 Å². The van der Waals surface area contributed by atoms with Crippen LogP contribution in [0.1, 0.15) is 41.5 Å². The van der Waals surface area contributed by atoms with Crippen LogP contribution in [-0.2, 0) is 9.53 Å². The fourth-order valence-corrected chi connectivity index (χ4v) is 1.97. The number of carbonyl (C=O) groups excluding carboxylic acids is 1. The summed E-state index contributed by atoms with van der Waals surface area (Å²) in [5, 5.41) is 10.7. The Bertz CT molecular complexity index is 273. The Labute approximate surface area is 98.5 Å². The van der Waals surface area contributed by atoms with Crippen LogP contribution in [0.2, 0.25) is 0 Å². The summed E-state index contributed by atoms with van der Waals surface area (Å²) < 4.78 is 5.00. The molecule has 0 amide bonds. The fraction of sp³-hybridized carbons (Fsp3) is 0.769. The van der Waals surface area contributed by atoms with E-state index in [9.17, 15) is 9.90 Å². The number of esters is 1. The van der Waals surface area contributed by atoms with Gasteiger partial charge in [-0.1, -0.05) is 26.8 Å². The molecule has 0 aromatic rings. The third-order valence-corrected chi connectivity index (χ3v) is 3.18. The van der Waals surface area contributed by atoms with Gasteiger partial charge in [0.15, 0.2) is 0 Å². The summed E-state index contributed by atoms with van der Waals surface area (Å²) in [4.78, 5) is 11.9. The molecule has 1 unspecified atom stereocenters. The third-order valence-electron chi connectivity index (χ3n) is 3.18.